The summed E-state index contributed by atoms with van der Waals surface area (Å²) in [6.45, 7) is 5.48. The van der Waals surface area contributed by atoms with Crippen molar-refractivity contribution in [3.05, 3.63) is 54.1 Å². The number of nitrogens with one attached hydrogen (secondary N) is 1. The lowest BCUT2D eigenvalue weighted by molar-refractivity contribution is -0.123. The smallest absolute Gasteiger partial charge is 0.229 e. The maximum absolute atomic E-state index is 12.5. The summed E-state index contributed by atoms with van der Waals surface area (Å²) in [5.74, 6) is 0.854. The fourth-order valence-electron chi connectivity index (χ4n) is 2.47. The molecule has 0 aliphatic rings. The monoisotopic (exact) mass is 393 g/mol. The third-order valence-corrected chi connectivity index (χ3v) is 4.21. The van der Waals surface area contributed by atoms with Crippen LogP contribution in [0.5, 0.6) is 5.75 Å². The van der Waals surface area contributed by atoms with Crippen LogP contribution < -0.4 is 10.1 Å². The molecule has 2 aromatic carbocycles. The molecule has 0 saturated carbocycles. The van der Waals surface area contributed by atoms with Gasteiger partial charge in [-0.05, 0) is 41.6 Å². The van der Waals surface area contributed by atoms with Gasteiger partial charge >= 0.3 is 0 Å². The second-order valence-corrected chi connectivity index (χ2v) is 7.58. The Hall–Kier alpha value is -3.55. The molecule has 1 N–H and O–H groups in total. The van der Waals surface area contributed by atoms with Crippen molar-refractivity contribution < 1.29 is 14.3 Å². The minimum atomic E-state index is -0.492. The number of aromatic nitrogens is 4. The Balaban J connectivity index is 1.66. The number of amides is 1. The highest BCUT2D eigenvalue weighted by atomic mass is 16.5. The lowest BCUT2D eigenvalue weighted by Gasteiger charge is -2.17. The van der Waals surface area contributed by atoms with E-state index >= 15 is 0 Å². The van der Waals surface area contributed by atoms with Gasteiger partial charge in [-0.1, -0.05) is 32.9 Å². The molecule has 0 radical (unpaired) electrons. The molecule has 1 amide bonds. The predicted octanol–water partition coefficient (Wildman–Crippen LogP) is 3.22. The molecule has 29 heavy (non-hydrogen) atoms. The minimum Gasteiger partial charge on any atom is -0.497 e. The number of methoxy groups -OCH3 is 1. The van der Waals surface area contributed by atoms with Gasteiger partial charge < -0.3 is 10.1 Å². The Kier molecular flexibility index (Phi) is 5.72. The van der Waals surface area contributed by atoms with Crippen molar-refractivity contribution in [3.63, 3.8) is 0 Å². The molecule has 0 aliphatic carbocycles. The van der Waals surface area contributed by atoms with Crippen LogP contribution in [0.15, 0.2) is 48.5 Å². The number of anilines is 1. The van der Waals surface area contributed by atoms with Crippen molar-refractivity contribution in [3.8, 4) is 17.1 Å². The predicted molar refractivity (Wildman–Crippen MR) is 109 cm³/mol. The number of tetrazole rings is 1. The molecule has 3 rings (SSSR count). The van der Waals surface area contributed by atoms with Gasteiger partial charge in [-0.25, -0.2) is 0 Å². The summed E-state index contributed by atoms with van der Waals surface area (Å²) >= 11 is 0. The molecule has 0 atom stereocenters. The van der Waals surface area contributed by atoms with E-state index in [1.165, 1.54) is 4.80 Å². The quantitative estimate of drug-likeness (QED) is 0.646. The van der Waals surface area contributed by atoms with E-state index in [1.54, 1.807) is 37.4 Å². The lowest BCUT2D eigenvalue weighted by Crippen LogP contribution is -2.27. The summed E-state index contributed by atoms with van der Waals surface area (Å²) in [5, 5.41) is 15.1. The van der Waals surface area contributed by atoms with Gasteiger partial charge in [0.05, 0.1) is 7.11 Å². The van der Waals surface area contributed by atoms with Crippen molar-refractivity contribution in [2.45, 2.75) is 27.3 Å². The van der Waals surface area contributed by atoms with E-state index in [9.17, 15) is 9.59 Å². The molecule has 8 heteroatoms. The summed E-state index contributed by atoms with van der Waals surface area (Å²) in [7, 11) is 1.59. The fourth-order valence-corrected chi connectivity index (χ4v) is 2.47. The summed E-state index contributed by atoms with van der Waals surface area (Å²) in [6, 6.07) is 14.0. The van der Waals surface area contributed by atoms with E-state index in [-0.39, 0.29) is 18.2 Å². The third kappa shape index (κ3) is 5.04. The van der Waals surface area contributed by atoms with Gasteiger partial charge in [-0.3, -0.25) is 9.59 Å². The number of ketones is 1. The molecule has 1 heterocycles. The van der Waals surface area contributed by atoms with Crippen LogP contribution in [0.3, 0.4) is 0 Å². The van der Waals surface area contributed by atoms with Crippen molar-refractivity contribution in [2.24, 2.45) is 5.41 Å². The van der Waals surface area contributed by atoms with Crippen LogP contribution in [-0.4, -0.2) is 39.0 Å². The Bertz CT molecular complexity index is 1020. The number of ether oxygens (including phenoxy) is 1. The zero-order chi connectivity index (χ0) is 21.0. The number of Topliss-reactive ketones (excluding diaryl/α,β-unsaturated/α-hetero) is 1. The van der Waals surface area contributed by atoms with E-state index in [0.29, 0.717) is 22.8 Å². The highest BCUT2D eigenvalue weighted by molar-refractivity contribution is 5.97. The van der Waals surface area contributed by atoms with Crippen LogP contribution in [0.1, 0.15) is 31.1 Å². The highest BCUT2D eigenvalue weighted by Gasteiger charge is 2.21. The Morgan fingerprint density at radius 3 is 2.48 bits per heavy atom. The van der Waals surface area contributed by atoms with Crippen molar-refractivity contribution >= 4 is 17.4 Å². The maximum atomic E-state index is 12.5. The molecule has 150 valence electrons. The standard InChI is InChI=1S/C21H23N5O3/c1-21(2,3)20(28)22-16-10-8-14(9-11-16)18(27)13-26-24-19(23-25-26)15-6-5-7-17(12-15)29-4/h5-12H,13H2,1-4H3,(H,22,28). The normalized spacial score (nSPS) is 11.2. The maximum Gasteiger partial charge on any atom is 0.229 e. The van der Waals surface area contributed by atoms with Crippen LogP contribution >= 0.6 is 0 Å². The molecular weight excluding hydrogens is 370 g/mol. The van der Waals surface area contributed by atoms with Crippen molar-refractivity contribution in [2.75, 3.05) is 12.4 Å². The number of hydrogen-bond acceptors (Lipinski definition) is 6. The topological polar surface area (TPSA) is 99.0 Å². The second-order valence-electron chi connectivity index (χ2n) is 7.58. The van der Waals surface area contributed by atoms with E-state index in [0.717, 1.165) is 5.56 Å². The third-order valence-electron chi connectivity index (χ3n) is 4.21. The summed E-state index contributed by atoms with van der Waals surface area (Å²) in [4.78, 5) is 25.8. The molecule has 0 aliphatic heterocycles. The lowest BCUT2D eigenvalue weighted by atomic mass is 9.95. The number of carbonyl (C=O) groups excluding carboxylic acids is 2. The first-order chi connectivity index (χ1) is 13.8. The van der Waals surface area contributed by atoms with Gasteiger partial charge in [0, 0.05) is 22.2 Å². The van der Waals surface area contributed by atoms with E-state index in [4.69, 9.17) is 4.74 Å². The number of carbonyl (C=O) groups is 2. The van der Waals surface area contributed by atoms with Crippen LogP contribution in [0.25, 0.3) is 11.4 Å². The highest BCUT2D eigenvalue weighted by Crippen LogP contribution is 2.20. The molecule has 0 saturated heterocycles. The molecule has 0 spiro atoms. The Labute approximate surface area is 168 Å². The first kappa shape index (κ1) is 20.2. The number of nitrogens with zero attached hydrogens (tertiary/aromatic N) is 4. The number of hydrogen-bond donors (Lipinski definition) is 1. The van der Waals surface area contributed by atoms with Gasteiger partial charge in [-0.15, -0.1) is 10.2 Å². The summed E-state index contributed by atoms with van der Waals surface area (Å²) < 4.78 is 5.19. The Morgan fingerprint density at radius 1 is 1.10 bits per heavy atom. The minimum absolute atomic E-state index is 0.0370. The molecule has 8 nitrogen and oxygen atoms in total. The Morgan fingerprint density at radius 2 is 1.83 bits per heavy atom. The van der Waals surface area contributed by atoms with Crippen LogP contribution in [-0.2, 0) is 11.3 Å². The fraction of sp³-hybridized carbons (Fsp3) is 0.286. The summed E-state index contributed by atoms with van der Waals surface area (Å²) in [5.41, 5.74) is 1.40. The first-order valence-corrected chi connectivity index (χ1v) is 9.13. The molecule has 1 aromatic heterocycles. The average Bonchev–Trinajstić information content (AvgIpc) is 3.16. The number of benzene rings is 2. The molecule has 0 bridgehead atoms. The van der Waals surface area contributed by atoms with Crippen LogP contribution in [0.2, 0.25) is 0 Å². The molecule has 3 aromatic rings. The largest absolute Gasteiger partial charge is 0.497 e. The van der Waals surface area contributed by atoms with Gasteiger partial charge in [0.2, 0.25) is 11.7 Å². The number of rotatable bonds is 6. The molecule has 0 unspecified atom stereocenters. The molecular formula is C21H23N5O3. The van der Waals surface area contributed by atoms with E-state index < -0.39 is 5.41 Å². The zero-order valence-corrected chi connectivity index (χ0v) is 16.8. The van der Waals surface area contributed by atoms with Crippen molar-refractivity contribution in [1.29, 1.82) is 0 Å². The van der Waals surface area contributed by atoms with Crippen LogP contribution in [0.4, 0.5) is 5.69 Å². The molecule has 0 fully saturated rings. The van der Waals surface area contributed by atoms with Gasteiger partial charge in [0.15, 0.2) is 5.78 Å². The first-order valence-electron chi connectivity index (χ1n) is 9.13. The zero-order valence-electron chi connectivity index (χ0n) is 16.8. The van der Waals surface area contributed by atoms with Crippen molar-refractivity contribution in [1.82, 2.24) is 20.2 Å². The SMILES string of the molecule is COc1cccc(-c2nnn(CC(=O)c3ccc(NC(=O)C(C)(C)C)cc3)n2)c1. The van der Waals surface area contributed by atoms with E-state index in [1.807, 2.05) is 39.0 Å². The van der Waals surface area contributed by atoms with Gasteiger partial charge in [-0.2, -0.15) is 4.80 Å². The second kappa shape index (κ2) is 8.22. The van der Waals surface area contributed by atoms with Crippen LogP contribution in [0, 0.1) is 5.41 Å². The summed E-state index contributed by atoms with van der Waals surface area (Å²) in [6.07, 6.45) is 0. The van der Waals surface area contributed by atoms with Gasteiger partial charge in [0.25, 0.3) is 0 Å². The van der Waals surface area contributed by atoms with E-state index in [2.05, 4.69) is 20.7 Å². The average molecular weight is 393 g/mol. The van der Waals surface area contributed by atoms with Gasteiger partial charge in [0.1, 0.15) is 12.3 Å².